The number of fused-ring (bicyclic) bond motifs is 1. The van der Waals surface area contributed by atoms with E-state index in [0.717, 1.165) is 11.4 Å². The van der Waals surface area contributed by atoms with Gasteiger partial charge in [-0.2, -0.15) is 0 Å². The molecule has 1 unspecified atom stereocenters. The van der Waals surface area contributed by atoms with E-state index in [9.17, 15) is 9.59 Å². The van der Waals surface area contributed by atoms with Crippen LogP contribution in [-0.4, -0.2) is 39.4 Å². The van der Waals surface area contributed by atoms with Gasteiger partial charge in [-0.15, -0.1) is 0 Å². The van der Waals surface area contributed by atoms with E-state index in [2.05, 4.69) is 31.4 Å². The Labute approximate surface area is 285 Å². The minimum Gasteiger partial charge on any atom is -0.497 e. The number of benzene rings is 3. The molecule has 0 aliphatic carbocycles. The molecule has 1 atom stereocenters. The van der Waals surface area contributed by atoms with Gasteiger partial charge in [0, 0.05) is 39.1 Å². The smallest absolute Gasteiger partial charge is 0.259 e. The van der Waals surface area contributed by atoms with E-state index in [1.165, 1.54) is 4.90 Å². The number of pyridine rings is 1. The van der Waals surface area contributed by atoms with Crippen molar-refractivity contribution in [3.63, 3.8) is 0 Å². The standard InChI is InChI=1S/C37H39Cl2N5O3/c1-36(2,3)41-33-31(40-30-20-15-27(39)22-43(30)33)24-9-8-10-25(21-24)35(46)44(28-16-18-29(47-7)19-17-28)32(34(45)42-37(4,5)6)23-11-13-26(38)14-12-23/h8-22,32,41H,1-7H3,(H,42,45). The molecule has 2 aromatic heterocycles. The van der Waals surface area contributed by atoms with Crippen LogP contribution in [0.3, 0.4) is 0 Å². The van der Waals surface area contributed by atoms with Crippen molar-refractivity contribution in [2.24, 2.45) is 0 Å². The number of rotatable bonds is 8. The molecule has 0 bridgehead atoms. The summed E-state index contributed by atoms with van der Waals surface area (Å²) in [6.45, 7) is 11.9. The number of ether oxygens (including phenoxy) is 1. The van der Waals surface area contributed by atoms with Crippen LogP contribution in [-0.2, 0) is 4.79 Å². The van der Waals surface area contributed by atoms with Gasteiger partial charge in [0.1, 0.15) is 29.0 Å². The van der Waals surface area contributed by atoms with Crippen molar-refractivity contribution in [1.82, 2.24) is 14.7 Å². The van der Waals surface area contributed by atoms with Crippen molar-refractivity contribution in [2.75, 3.05) is 17.3 Å². The minimum absolute atomic E-state index is 0.294. The second-order valence-electron chi connectivity index (χ2n) is 13.4. The Hall–Kier alpha value is -4.53. The predicted molar refractivity (Wildman–Crippen MR) is 191 cm³/mol. The molecule has 0 spiro atoms. The first-order chi connectivity index (χ1) is 22.1. The van der Waals surface area contributed by atoms with E-state index in [-0.39, 0.29) is 17.4 Å². The number of amides is 2. The van der Waals surface area contributed by atoms with Crippen LogP contribution >= 0.6 is 23.2 Å². The summed E-state index contributed by atoms with van der Waals surface area (Å²) in [5.74, 6) is 0.651. The summed E-state index contributed by atoms with van der Waals surface area (Å²) in [5.41, 5.74) is 2.73. The molecule has 8 nitrogen and oxygen atoms in total. The number of carbonyl (C=O) groups is 2. The number of imidazole rings is 1. The Morgan fingerprint density at radius 3 is 2.13 bits per heavy atom. The van der Waals surface area contributed by atoms with Gasteiger partial charge in [0.2, 0.25) is 5.91 Å². The fourth-order valence-electron chi connectivity index (χ4n) is 5.26. The molecule has 0 radical (unpaired) electrons. The monoisotopic (exact) mass is 671 g/mol. The Balaban J connectivity index is 1.67. The predicted octanol–water partition coefficient (Wildman–Crippen LogP) is 8.83. The van der Waals surface area contributed by atoms with Gasteiger partial charge >= 0.3 is 0 Å². The summed E-state index contributed by atoms with van der Waals surface area (Å²) in [6, 6.07) is 23.9. The summed E-state index contributed by atoms with van der Waals surface area (Å²) in [7, 11) is 1.58. The van der Waals surface area contributed by atoms with Crippen molar-refractivity contribution in [3.8, 4) is 17.0 Å². The van der Waals surface area contributed by atoms with Crippen LogP contribution in [0.1, 0.15) is 63.5 Å². The highest BCUT2D eigenvalue weighted by Gasteiger charge is 2.35. The summed E-state index contributed by atoms with van der Waals surface area (Å²) >= 11 is 12.6. The van der Waals surface area contributed by atoms with Crippen LogP contribution < -0.4 is 20.3 Å². The lowest BCUT2D eigenvalue weighted by molar-refractivity contribution is -0.123. The van der Waals surface area contributed by atoms with E-state index in [4.69, 9.17) is 32.9 Å². The highest BCUT2D eigenvalue weighted by molar-refractivity contribution is 6.30. The molecule has 2 heterocycles. The van der Waals surface area contributed by atoms with Gasteiger partial charge in [0.25, 0.3) is 5.91 Å². The van der Waals surface area contributed by atoms with Gasteiger partial charge < -0.3 is 15.4 Å². The van der Waals surface area contributed by atoms with Crippen molar-refractivity contribution in [2.45, 2.75) is 58.7 Å². The van der Waals surface area contributed by atoms with Crippen molar-refractivity contribution >= 4 is 52.2 Å². The van der Waals surface area contributed by atoms with Gasteiger partial charge in [-0.05, 0) is 108 Å². The Bertz CT molecular complexity index is 1910. The Kier molecular flexibility index (Phi) is 9.57. The number of nitrogens with zero attached hydrogens (tertiary/aromatic N) is 3. The van der Waals surface area contributed by atoms with E-state index >= 15 is 0 Å². The molecule has 0 aliphatic rings. The van der Waals surface area contributed by atoms with Crippen molar-refractivity contribution < 1.29 is 14.3 Å². The zero-order valence-corrected chi connectivity index (χ0v) is 29.1. The number of hydrogen-bond donors (Lipinski definition) is 2. The molecular formula is C37H39Cl2N5O3. The Morgan fingerprint density at radius 2 is 1.51 bits per heavy atom. The highest BCUT2D eigenvalue weighted by Crippen LogP contribution is 2.35. The second kappa shape index (κ2) is 13.3. The third-order valence-electron chi connectivity index (χ3n) is 7.22. The van der Waals surface area contributed by atoms with Crippen LogP contribution in [0, 0.1) is 0 Å². The number of nitrogens with one attached hydrogen (secondary N) is 2. The van der Waals surface area contributed by atoms with E-state index in [0.29, 0.717) is 44.0 Å². The number of anilines is 2. The summed E-state index contributed by atoms with van der Waals surface area (Å²) in [5, 5.41) is 7.72. The lowest BCUT2D eigenvalue weighted by atomic mass is 9.99. The van der Waals surface area contributed by atoms with Crippen LogP contribution in [0.4, 0.5) is 11.5 Å². The third kappa shape index (κ3) is 7.89. The molecule has 5 aromatic rings. The van der Waals surface area contributed by atoms with Crippen molar-refractivity contribution in [3.05, 3.63) is 112 Å². The number of halogens is 2. The molecule has 2 N–H and O–H groups in total. The SMILES string of the molecule is COc1ccc(N(C(=O)c2cccc(-c3nc4ccc(Cl)cn4c3NC(C)(C)C)c2)C(C(=O)NC(C)(C)C)c2ccc(Cl)cc2)cc1. The van der Waals surface area contributed by atoms with Gasteiger partial charge in [0.05, 0.1) is 12.1 Å². The van der Waals surface area contributed by atoms with E-state index in [1.807, 2.05) is 49.6 Å². The molecule has 0 saturated carbocycles. The third-order valence-corrected chi connectivity index (χ3v) is 7.69. The number of hydrogen-bond acceptors (Lipinski definition) is 5. The summed E-state index contributed by atoms with van der Waals surface area (Å²) < 4.78 is 7.30. The fourth-order valence-corrected chi connectivity index (χ4v) is 5.55. The van der Waals surface area contributed by atoms with E-state index < -0.39 is 11.6 Å². The van der Waals surface area contributed by atoms with Crippen molar-refractivity contribution in [1.29, 1.82) is 0 Å². The number of carbonyl (C=O) groups excluding carboxylic acids is 2. The van der Waals surface area contributed by atoms with Crippen LogP contribution in [0.25, 0.3) is 16.9 Å². The second-order valence-corrected chi connectivity index (χ2v) is 14.3. The Morgan fingerprint density at radius 1 is 0.851 bits per heavy atom. The largest absolute Gasteiger partial charge is 0.497 e. The molecule has 0 aliphatic heterocycles. The minimum atomic E-state index is -1.02. The van der Waals surface area contributed by atoms with Gasteiger partial charge in [-0.25, -0.2) is 4.98 Å². The van der Waals surface area contributed by atoms with Crippen LogP contribution in [0.5, 0.6) is 5.75 Å². The molecule has 2 amide bonds. The molecule has 47 heavy (non-hydrogen) atoms. The highest BCUT2D eigenvalue weighted by atomic mass is 35.5. The lowest BCUT2D eigenvalue weighted by Crippen LogP contribution is -2.49. The van der Waals surface area contributed by atoms with Gasteiger partial charge in [-0.1, -0.05) is 47.5 Å². The normalized spacial score (nSPS) is 12.4. The van der Waals surface area contributed by atoms with Gasteiger partial charge in [0.15, 0.2) is 0 Å². The molecule has 3 aromatic carbocycles. The number of aromatic nitrogens is 2. The van der Waals surface area contributed by atoms with Gasteiger partial charge in [-0.3, -0.25) is 18.9 Å². The molecule has 5 rings (SSSR count). The number of methoxy groups -OCH3 is 1. The topological polar surface area (TPSA) is 88.0 Å². The van der Waals surface area contributed by atoms with Crippen LogP contribution in [0.2, 0.25) is 10.0 Å². The summed E-state index contributed by atoms with van der Waals surface area (Å²) in [4.78, 5) is 35.3. The first-order valence-corrected chi connectivity index (χ1v) is 16.0. The lowest BCUT2D eigenvalue weighted by Gasteiger charge is -2.34. The maximum absolute atomic E-state index is 14.8. The van der Waals surface area contributed by atoms with E-state index in [1.54, 1.807) is 73.8 Å². The first-order valence-electron chi connectivity index (χ1n) is 15.2. The molecule has 0 saturated heterocycles. The maximum Gasteiger partial charge on any atom is 0.259 e. The molecule has 10 heteroatoms. The zero-order chi connectivity index (χ0) is 34.1. The molecule has 0 fully saturated rings. The molecular weight excluding hydrogens is 633 g/mol. The molecule has 244 valence electrons. The fraction of sp³-hybridized carbons (Fsp3) is 0.270. The quantitative estimate of drug-likeness (QED) is 0.172. The first kappa shape index (κ1) is 33.8. The zero-order valence-electron chi connectivity index (χ0n) is 27.6. The average Bonchev–Trinajstić information content (AvgIpc) is 3.35. The average molecular weight is 673 g/mol. The maximum atomic E-state index is 14.8. The van der Waals surface area contributed by atoms with Crippen LogP contribution in [0.15, 0.2) is 91.1 Å². The summed E-state index contributed by atoms with van der Waals surface area (Å²) in [6.07, 6.45) is 1.81.